The average Bonchev–Trinajstić information content (AvgIpc) is 2.28. The van der Waals surface area contributed by atoms with Crippen molar-refractivity contribution in [2.24, 2.45) is 0 Å². The molecule has 4 heteroatoms. The maximum absolute atomic E-state index is 13.2. The second-order valence-corrected chi connectivity index (χ2v) is 4.76. The first kappa shape index (κ1) is 14.3. The van der Waals surface area contributed by atoms with Crippen LogP contribution in [-0.4, -0.2) is 19.3 Å². The number of ether oxygens (including phenoxy) is 2. The van der Waals surface area contributed by atoms with Gasteiger partial charge in [0.2, 0.25) is 0 Å². The van der Waals surface area contributed by atoms with Gasteiger partial charge in [-0.1, -0.05) is 0 Å². The molecule has 0 saturated heterocycles. The molecule has 0 amide bonds. The first-order chi connectivity index (χ1) is 7.96. The van der Waals surface area contributed by atoms with Crippen molar-refractivity contribution in [1.82, 2.24) is 0 Å². The van der Waals surface area contributed by atoms with E-state index in [2.05, 4.69) is 0 Å². The Balaban J connectivity index is 2.55. The molecule has 2 nitrogen and oxygen atoms in total. The molecule has 1 aromatic carbocycles. The second kappa shape index (κ2) is 6.22. The molecule has 0 N–H and O–H groups in total. The van der Waals surface area contributed by atoms with Gasteiger partial charge in [0.25, 0.3) is 0 Å². The summed E-state index contributed by atoms with van der Waals surface area (Å²) in [5, 5.41) is 0. The van der Waals surface area contributed by atoms with Crippen LogP contribution >= 0.6 is 11.6 Å². The molecule has 0 radical (unpaired) electrons. The Hall–Kier alpha value is -0.800. The molecule has 0 spiro atoms. The van der Waals surface area contributed by atoms with Gasteiger partial charge in [-0.2, -0.15) is 0 Å². The SMILES string of the molecule is COC(C)(C)CCOc1cc(F)cc(CCl)c1. The fourth-order valence-corrected chi connectivity index (χ4v) is 1.45. The lowest BCUT2D eigenvalue weighted by Crippen LogP contribution is -2.25. The summed E-state index contributed by atoms with van der Waals surface area (Å²) in [7, 11) is 1.66. The van der Waals surface area contributed by atoms with Crippen molar-refractivity contribution in [3.05, 3.63) is 29.6 Å². The minimum atomic E-state index is -0.329. The monoisotopic (exact) mass is 260 g/mol. The third-order valence-corrected chi connectivity index (χ3v) is 2.92. The van der Waals surface area contributed by atoms with E-state index in [1.165, 1.54) is 12.1 Å². The van der Waals surface area contributed by atoms with Crippen LogP contribution in [0.25, 0.3) is 0 Å². The summed E-state index contributed by atoms with van der Waals surface area (Å²) in [6.45, 7) is 4.43. The summed E-state index contributed by atoms with van der Waals surface area (Å²) in [5.74, 6) is 0.453. The number of halogens is 2. The van der Waals surface area contributed by atoms with Crippen molar-refractivity contribution in [2.45, 2.75) is 31.7 Å². The summed E-state index contributed by atoms with van der Waals surface area (Å²) < 4.78 is 23.9. The Labute approximate surface area is 107 Å². The molecule has 17 heavy (non-hydrogen) atoms. The Kier molecular flexibility index (Phi) is 5.22. The van der Waals surface area contributed by atoms with E-state index < -0.39 is 0 Å². The van der Waals surface area contributed by atoms with Crippen LogP contribution in [0.3, 0.4) is 0 Å². The molecular formula is C13H18ClFO2. The molecule has 0 heterocycles. The molecule has 0 fully saturated rings. The van der Waals surface area contributed by atoms with E-state index in [0.29, 0.717) is 17.9 Å². The van der Waals surface area contributed by atoms with Crippen LogP contribution in [0.5, 0.6) is 5.75 Å². The van der Waals surface area contributed by atoms with E-state index in [4.69, 9.17) is 21.1 Å². The zero-order valence-electron chi connectivity index (χ0n) is 10.4. The van der Waals surface area contributed by atoms with Gasteiger partial charge in [-0.3, -0.25) is 0 Å². The normalized spacial score (nSPS) is 11.6. The standard InChI is InChI=1S/C13H18ClFO2/c1-13(2,16-3)4-5-17-12-7-10(9-14)6-11(15)8-12/h6-8H,4-5,9H2,1-3H3. The summed E-state index contributed by atoms with van der Waals surface area (Å²) >= 11 is 5.66. The molecule has 0 aliphatic heterocycles. The minimum absolute atomic E-state index is 0.233. The van der Waals surface area contributed by atoms with Crippen LogP contribution in [-0.2, 0) is 10.6 Å². The molecule has 1 aromatic rings. The zero-order chi connectivity index (χ0) is 12.9. The number of alkyl halides is 1. The molecule has 0 aromatic heterocycles. The predicted molar refractivity (Wildman–Crippen MR) is 67.2 cm³/mol. The predicted octanol–water partition coefficient (Wildman–Crippen LogP) is 3.76. The van der Waals surface area contributed by atoms with E-state index in [1.54, 1.807) is 13.2 Å². The van der Waals surface area contributed by atoms with Gasteiger partial charge in [0.05, 0.1) is 12.2 Å². The van der Waals surface area contributed by atoms with Crippen LogP contribution in [0.15, 0.2) is 18.2 Å². The van der Waals surface area contributed by atoms with Gasteiger partial charge in [0, 0.05) is 25.5 Å². The van der Waals surface area contributed by atoms with Crippen LogP contribution in [0, 0.1) is 5.82 Å². The van der Waals surface area contributed by atoms with E-state index in [1.807, 2.05) is 13.8 Å². The molecule has 0 unspecified atom stereocenters. The number of rotatable bonds is 6. The first-order valence-electron chi connectivity index (χ1n) is 5.50. The molecule has 0 aliphatic rings. The fourth-order valence-electron chi connectivity index (χ4n) is 1.30. The maximum atomic E-state index is 13.2. The summed E-state index contributed by atoms with van der Waals surface area (Å²) in [4.78, 5) is 0. The minimum Gasteiger partial charge on any atom is -0.493 e. The number of hydrogen-bond acceptors (Lipinski definition) is 2. The van der Waals surface area contributed by atoms with Crippen molar-refractivity contribution in [3.63, 3.8) is 0 Å². The Morgan fingerprint density at radius 2 is 2.00 bits per heavy atom. The van der Waals surface area contributed by atoms with E-state index in [0.717, 1.165) is 6.42 Å². The van der Waals surface area contributed by atoms with Crippen LogP contribution < -0.4 is 4.74 Å². The van der Waals surface area contributed by atoms with Crippen LogP contribution in [0.1, 0.15) is 25.8 Å². The lowest BCUT2D eigenvalue weighted by atomic mass is 10.1. The smallest absolute Gasteiger partial charge is 0.127 e. The molecule has 1 rings (SSSR count). The highest BCUT2D eigenvalue weighted by Gasteiger charge is 2.16. The Morgan fingerprint density at radius 3 is 2.59 bits per heavy atom. The van der Waals surface area contributed by atoms with Gasteiger partial charge in [0.15, 0.2) is 0 Å². The Bertz CT molecular complexity index is 366. The molecule has 0 atom stereocenters. The van der Waals surface area contributed by atoms with Gasteiger partial charge >= 0.3 is 0 Å². The summed E-state index contributed by atoms with van der Waals surface area (Å²) in [6, 6.07) is 4.50. The highest BCUT2D eigenvalue weighted by molar-refractivity contribution is 6.17. The molecule has 0 saturated carbocycles. The van der Waals surface area contributed by atoms with Gasteiger partial charge < -0.3 is 9.47 Å². The molecule has 96 valence electrons. The zero-order valence-corrected chi connectivity index (χ0v) is 11.2. The van der Waals surface area contributed by atoms with Gasteiger partial charge in [-0.15, -0.1) is 11.6 Å². The second-order valence-electron chi connectivity index (χ2n) is 4.49. The summed E-state index contributed by atoms with van der Waals surface area (Å²) in [6.07, 6.45) is 0.732. The summed E-state index contributed by atoms with van der Waals surface area (Å²) in [5.41, 5.74) is 0.482. The van der Waals surface area contributed by atoms with Gasteiger partial charge in [0.1, 0.15) is 11.6 Å². The molecule has 0 bridgehead atoms. The Morgan fingerprint density at radius 1 is 1.29 bits per heavy atom. The van der Waals surface area contributed by atoms with E-state index in [-0.39, 0.29) is 17.3 Å². The molecular weight excluding hydrogens is 243 g/mol. The van der Waals surface area contributed by atoms with Crippen molar-refractivity contribution in [1.29, 1.82) is 0 Å². The number of benzene rings is 1. The van der Waals surface area contributed by atoms with Gasteiger partial charge in [-0.05, 0) is 31.5 Å². The fraction of sp³-hybridized carbons (Fsp3) is 0.538. The highest BCUT2D eigenvalue weighted by atomic mass is 35.5. The maximum Gasteiger partial charge on any atom is 0.127 e. The molecule has 0 aliphatic carbocycles. The average molecular weight is 261 g/mol. The lowest BCUT2D eigenvalue weighted by Gasteiger charge is -2.22. The quantitative estimate of drug-likeness (QED) is 0.725. The van der Waals surface area contributed by atoms with Gasteiger partial charge in [-0.25, -0.2) is 4.39 Å². The van der Waals surface area contributed by atoms with Crippen molar-refractivity contribution in [2.75, 3.05) is 13.7 Å². The van der Waals surface area contributed by atoms with Crippen LogP contribution in [0.4, 0.5) is 4.39 Å². The third kappa shape index (κ3) is 4.92. The third-order valence-electron chi connectivity index (χ3n) is 2.61. The highest BCUT2D eigenvalue weighted by Crippen LogP contribution is 2.19. The largest absolute Gasteiger partial charge is 0.493 e. The van der Waals surface area contributed by atoms with Crippen molar-refractivity contribution in [3.8, 4) is 5.75 Å². The first-order valence-corrected chi connectivity index (χ1v) is 6.04. The van der Waals surface area contributed by atoms with Crippen molar-refractivity contribution >= 4 is 11.6 Å². The van der Waals surface area contributed by atoms with E-state index in [9.17, 15) is 4.39 Å². The lowest BCUT2D eigenvalue weighted by molar-refractivity contribution is 0.00544. The number of hydrogen-bond donors (Lipinski definition) is 0. The van der Waals surface area contributed by atoms with Crippen LogP contribution in [0.2, 0.25) is 0 Å². The van der Waals surface area contributed by atoms with Crippen molar-refractivity contribution < 1.29 is 13.9 Å². The van der Waals surface area contributed by atoms with E-state index >= 15 is 0 Å². The number of methoxy groups -OCH3 is 1. The topological polar surface area (TPSA) is 18.5 Å².